The van der Waals surface area contributed by atoms with Crippen molar-refractivity contribution in [3.05, 3.63) is 34.9 Å². The Hall–Kier alpha value is -1.55. The summed E-state index contributed by atoms with van der Waals surface area (Å²) in [5, 5.41) is 0.623. The van der Waals surface area contributed by atoms with Gasteiger partial charge in [0.25, 0.3) is 0 Å². The molecular weight excluding hydrogens is 290 g/mol. The van der Waals surface area contributed by atoms with E-state index >= 15 is 0 Å². The van der Waals surface area contributed by atoms with Crippen LogP contribution in [0.1, 0.15) is 32.3 Å². The van der Waals surface area contributed by atoms with Gasteiger partial charge in [0.2, 0.25) is 5.91 Å². The molecule has 0 aliphatic carbocycles. The van der Waals surface area contributed by atoms with Gasteiger partial charge < -0.3 is 9.64 Å². The summed E-state index contributed by atoms with van der Waals surface area (Å²) in [5.74, 6) is -0.0327. The van der Waals surface area contributed by atoms with Crippen molar-refractivity contribution in [2.75, 3.05) is 13.7 Å². The first-order chi connectivity index (χ1) is 9.93. The Morgan fingerprint density at radius 3 is 2.52 bits per heavy atom. The summed E-state index contributed by atoms with van der Waals surface area (Å²) in [5.41, 5.74) is 0.876. The second kappa shape index (κ2) is 8.67. The zero-order valence-corrected chi connectivity index (χ0v) is 13.5. The van der Waals surface area contributed by atoms with Gasteiger partial charge in [0.05, 0.1) is 13.5 Å². The molecular formula is C16H22ClNO3. The smallest absolute Gasteiger partial charge is 0.307 e. The summed E-state index contributed by atoms with van der Waals surface area (Å²) in [6, 6.07) is 7.41. The van der Waals surface area contributed by atoms with Gasteiger partial charge in [-0.3, -0.25) is 9.59 Å². The number of methoxy groups -OCH3 is 1. The van der Waals surface area contributed by atoms with Crippen LogP contribution >= 0.6 is 11.6 Å². The van der Waals surface area contributed by atoms with Gasteiger partial charge in [-0.1, -0.05) is 43.6 Å². The van der Waals surface area contributed by atoms with Crippen molar-refractivity contribution in [3.8, 4) is 0 Å². The van der Waals surface area contributed by atoms with Gasteiger partial charge in [0.1, 0.15) is 0 Å². The van der Waals surface area contributed by atoms with Crippen molar-refractivity contribution in [1.29, 1.82) is 0 Å². The molecule has 0 radical (unpaired) electrons. The largest absolute Gasteiger partial charge is 0.469 e. The van der Waals surface area contributed by atoms with Crippen LogP contribution in [0.25, 0.3) is 0 Å². The predicted molar refractivity (Wildman–Crippen MR) is 83.0 cm³/mol. The van der Waals surface area contributed by atoms with E-state index in [2.05, 4.69) is 4.74 Å². The van der Waals surface area contributed by atoms with Crippen LogP contribution in [-0.4, -0.2) is 30.4 Å². The van der Waals surface area contributed by atoms with Crippen molar-refractivity contribution in [1.82, 2.24) is 4.90 Å². The normalized spacial score (nSPS) is 10.5. The number of amides is 1. The highest BCUT2D eigenvalue weighted by molar-refractivity contribution is 6.31. The number of carbonyl (C=O) groups excluding carboxylic acids is 2. The molecule has 0 unspecified atom stereocenters. The monoisotopic (exact) mass is 311 g/mol. The summed E-state index contributed by atoms with van der Waals surface area (Å²) in [6.45, 7) is 4.73. The molecule has 4 nitrogen and oxygen atoms in total. The molecule has 1 aromatic rings. The number of benzene rings is 1. The second-order valence-electron chi connectivity index (χ2n) is 5.33. The van der Waals surface area contributed by atoms with Crippen LogP contribution in [0.3, 0.4) is 0 Å². The molecule has 0 aliphatic rings. The lowest BCUT2D eigenvalue weighted by molar-refractivity contribution is -0.142. The Morgan fingerprint density at radius 2 is 1.95 bits per heavy atom. The number of halogens is 1. The summed E-state index contributed by atoms with van der Waals surface area (Å²) < 4.78 is 4.63. The molecule has 0 saturated heterocycles. The molecule has 0 saturated carbocycles. The Bertz CT molecular complexity index is 488. The first-order valence-corrected chi connectivity index (χ1v) is 7.39. The molecule has 0 atom stereocenters. The predicted octanol–water partition coefficient (Wildman–Crippen LogP) is 3.28. The highest BCUT2D eigenvalue weighted by Crippen LogP contribution is 2.18. The van der Waals surface area contributed by atoms with Gasteiger partial charge in [-0.25, -0.2) is 0 Å². The SMILES string of the molecule is COC(=O)CCN(Cc1ccccc1Cl)C(=O)CC(C)C. The van der Waals surface area contributed by atoms with E-state index in [1.54, 1.807) is 11.0 Å². The van der Waals surface area contributed by atoms with Crippen molar-refractivity contribution < 1.29 is 14.3 Å². The lowest BCUT2D eigenvalue weighted by Gasteiger charge is -2.24. The van der Waals surface area contributed by atoms with Gasteiger partial charge in [-0.15, -0.1) is 0 Å². The van der Waals surface area contributed by atoms with Gasteiger partial charge in [-0.2, -0.15) is 0 Å². The molecule has 1 aromatic carbocycles. The Morgan fingerprint density at radius 1 is 1.29 bits per heavy atom. The first-order valence-electron chi connectivity index (χ1n) is 7.02. The Balaban J connectivity index is 2.78. The van der Waals surface area contributed by atoms with Crippen LogP contribution < -0.4 is 0 Å². The van der Waals surface area contributed by atoms with E-state index < -0.39 is 0 Å². The Labute approximate surface area is 131 Å². The van der Waals surface area contributed by atoms with Gasteiger partial charge in [-0.05, 0) is 17.5 Å². The molecule has 0 N–H and O–H groups in total. The molecule has 0 fully saturated rings. The maximum absolute atomic E-state index is 12.3. The van der Waals surface area contributed by atoms with E-state index in [1.807, 2.05) is 32.0 Å². The van der Waals surface area contributed by atoms with E-state index in [0.29, 0.717) is 24.5 Å². The summed E-state index contributed by atoms with van der Waals surface area (Å²) >= 11 is 6.14. The molecule has 5 heteroatoms. The van der Waals surface area contributed by atoms with Gasteiger partial charge in [0.15, 0.2) is 0 Å². The lowest BCUT2D eigenvalue weighted by atomic mass is 10.1. The number of rotatable bonds is 7. The fraction of sp³-hybridized carbons (Fsp3) is 0.500. The van der Waals surface area contributed by atoms with Crippen molar-refractivity contribution in [3.63, 3.8) is 0 Å². The topological polar surface area (TPSA) is 46.6 Å². The first kappa shape index (κ1) is 17.5. The fourth-order valence-electron chi connectivity index (χ4n) is 1.93. The summed E-state index contributed by atoms with van der Waals surface area (Å²) in [7, 11) is 1.34. The molecule has 1 amide bonds. The summed E-state index contributed by atoms with van der Waals surface area (Å²) in [4.78, 5) is 25.3. The Kier molecular flexibility index (Phi) is 7.23. The van der Waals surface area contributed by atoms with Gasteiger partial charge >= 0.3 is 5.97 Å². The van der Waals surface area contributed by atoms with E-state index in [4.69, 9.17) is 11.6 Å². The molecule has 0 aliphatic heterocycles. The molecule has 21 heavy (non-hydrogen) atoms. The van der Waals surface area contributed by atoms with Crippen molar-refractivity contribution in [2.45, 2.75) is 33.2 Å². The standard InChI is InChI=1S/C16H22ClNO3/c1-12(2)10-15(19)18(9-8-16(20)21-3)11-13-6-4-5-7-14(13)17/h4-7,12H,8-11H2,1-3H3. The second-order valence-corrected chi connectivity index (χ2v) is 5.74. The van der Waals surface area contributed by atoms with Crippen molar-refractivity contribution >= 4 is 23.5 Å². The maximum atomic E-state index is 12.3. The van der Waals surface area contributed by atoms with E-state index in [0.717, 1.165) is 5.56 Å². The number of hydrogen-bond acceptors (Lipinski definition) is 3. The van der Waals surface area contributed by atoms with Crippen LogP contribution in [-0.2, 0) is 20.9 Å². The highest BCUT2D eigenvalue weighted by Gasteiger charge is 2.17. The number of ether oxygens (including phenoxy) is 1. The third-order valence-electron chi connectivity index (χ3n) is 3.07. The molecule has 0 bridgehead atoms. The molecule has 116 valence electrons. The van der Waals surface area contributed by atoms with Gasteiger partial charge in [0, 0.05) is 24.5 Å². The van der Waals surface area contributed by atoms with Crippen LogP contribution in [0.2, 0.25) is 5.02 Å². The average Bonchev–Trinajstić information content (AvgIpc) is 2.44. The van der Waals surface area contributed by atoms with Crippen molar-refractivity contribution in [2.24, 2.45) is 5.92 Å². The molecule has 0 spiro atoms. The number of esters is 1. The number of hydrogen-bond donors (Lipinski definition) is 0. The summed E-state index contributed by atoms with van der Waals surface area (Å²) in [6.07, 6.45) is 0.635. The van der Waals surface area contributed by atoms with Crippen LogP contribution in [0, 0.1) is 5.92 Å². The number of carbonyl (C=O) groups is 2. The van der Waals surface area contributed by atoms with E-state index in [9.17, 15) is 9.59 Å². The van der Waals surface area contributed by atoms with E-state index in [-0.39, 0.29) is 24.2 Å². The lowest BCUT2D eigenvalue weighted by Crippen LogP contribution is -2.33. The average molecular weight is 312 g/mol. The number of nitrogens with zero attached hydrogens (tertiary/aromatic N) is 1. The molecule has 0 aromatic heterocycles. The quantitative estimate of drug-likeness (QED) is 0.726. The third-order valence-corrected chi connectivity index (χ3v) is 3.44. The minimum atomic E-state index is -0.323. The van der Waals surface area contributed by atoms with Crippen LogP contribution in [0.5, 0.6) is 0 Å². The maximum Gasteiger partial charge on any atom is 0.307 e. The highest BCUT2D eigenvalue weighted by atomic mass is 35.5. The fourth-order valence-corrected chi connectivity index (χ4v) is 2.13. The van der Waals surface area contributed by atoms with Crippen LogP contribution in [0.4, 0.5) is 0 Å². The van der Waals surface area contributed by atoms with E-state index in [1.165, 1.54) is 7.11 Å². The zero-order valence-electron chi connectivity index (χ0n) is 12.8. The minimum Gasteiger partial charge on any atom is -0.469 e. The minimum absolute atomic E-state index is 0.0221. The molecule has 0 heterocycles. The molecule has 1 rings (SSSR count). The zero-order chi connectivity index (χ0) is 15.8. The third kappa shape index (κ3) is 6.17. The van der Waals surface area contributed by atoms with Crippen LogP contribution in [0.15, 0.2) is 24.3 Å².